The third-order valence-electron chi connectivity index (χ3n) is 4.82. The van der Waals surface area contributed by atoms with Crippen LogP contribution in [0.1, 0.15) is 31.9 Å². The fraction of sp³-hybridized carbons (Fsp3) is 0.429. The summed E-state index contributed by atoms with van der Waals surface area (Å²) in [7, 11) is 0. The second-order valence-electron chi connectivity index (χ2n) is 7.25. The minimum atomic E-state index is -0.491. The van der Waals surface area contributed by atoms with E-state index in [1.807, 2.05) is 26.0 Å². The van der Waals surface area contributed by atoms with Gasteiger partial charge in [-0.25, -0.2) is 0 Å². The minimum absolute atomic E-state index is 0.00367. The van der Waals surface area contributed by atoms with E-state index in [4.69, 9.17) is 5.73 Å². The van der Waals surface area contributed by atoms with Gasteiger partial charge in [0.1, 0.15) is 0 Å². The molecule has 130 valence electrons. The molecule has 0 unspecified atom stereocenters. The van der Waals surface area contributed by atoms with E-state index in [2.05, 4.69) is 60.4 Å². The van der Waals surface area contributed by atoms with Gasteiger partial charge in [-0.3, -0.25) is 4.90 Å². The van der Waals surface area contributed by atoms with Crippen molar-refractivity contribution in [3.63, 3.8) is 0 Å². The van der Waals surface area contributed by atoms with Gasteiger partial charge in [-0.1, -0.05) is 74.5 Å². The van der Waals surface area contributed by atoms with Crippen LogP contribution in [0.5, 0.6) is 0 Å². The van der Waals surface area contributed by atoms with E-state index in [1.165, 1.54) is 11.1 Å². The summed E-state index contributed by atoms with van der Waals surface area (Å²) in [5, 5.41) is 10.9. The van der Waals surface area contributed by atoms with Crippen molar-refractivity contribution in [3.05, 3.63) is 71.8 Å². The van der Waals surface area contributed by atoms with E-state index in [1.54, 1.807) is 0 Å². The van der Waals surface area contributed by atoms with Crippen LogP contribution in [0.25, 0.3) is 0 Å². The molecular weight excluding hydrogens is 296 g/mol. The van der Waals surface area contributed by atoms with Gasteiger partial charge in [-0.05, 0) is 24.6 Å². The summed E-state index contributed by atoms with van der Waals surface area (Å²) in [6.45, 7) is 8.20. The predicted octanol–water partition coefficient (Wildman–Crippen LogP) is 3.42. The Morgan fingerprint density at radius 2 is 1.33 bits per heavy atom. The number of aliphatic hydroxyl groups is 1. The summed E-state index contributed by atoms with van der Waals surface area (Å²) in [6, 6.07) is 20.8. The lowest BCUT2D eigenvalue weighted by atomic mass is 9.82. The molecule has 2 aromatic carbocycles. The third-order valence-corrected chi connectivity index (χ3v) is 4.82. The van der Waals surface area contributed by atoms with Gasteiger partial charge in [-0.15, -0.1) is 0 Å². The first-order valence-electron chi connectivity index (χ1n) is 8.64. The fourth-order valence-electron chi connectivity index (χ4n) is 2.95. The summed E-state index contributed by atoms with van der Waals surface area (Å²) >= 11 is 0. The van der Waals surface area contributed by atoms with Crippen LogP contribution in [0.4, 0.5) is 0 Å². The molecule has 0 fully saturated rings. The number of aliphatic hydroxyl groups excluding tert-OH is 1. The Morgan fingerprint density at radius 1 is 0.917 bits per heavy atom. The molecule has 2 rings (SSSR count). The van der Waals surface area contributed by atoms with Crippen LogP contribution in [0.2, 0.25) is 0 Å². The molecule has 0 aliphatic rings. The molecule has 0 saturated heterocycles. The van der Waals surface area contributed by atoms with Crippen molar-refractivity contribution in [1.82, 2.24) is 4.90 Å². The topological polar surface area (TPSA) is 49.5 Å². The molecule has 2 atom stereocenters. The summed E-state index contributed by atoms with van der Waals surface area (Å²) in [5.41, 5.74) is 8.05. The fourth-order valence-corrected chi connectivity index (χ4v) is 2.95. The normalized spacial score (nSPS) is 14.6. The van der Waals surface area contributed by atoms with Crippen molar-refractivity contribution in [2.24, 2.45) is 11.1 Å². The molecule has 0 saturated carbocycles. The Morgan fingerprint density at radius 3 is 1.71 bits per heavy atom. The van der Waals surface area contributed by atoms with E-state index in [0.29, 0.717) is 6.54 Å². The molecule has 0 aliphatic carbocycles. The Labute approximate surface area is 146 Å². The van der Waals surface area contributed by atoms with Crippen LogP contribution >= 0.6 is 0 Å². The van der Waals surface area contributed by atoms with Crippen LogP contribution in [0.15, 0.2) is 60.7 Å². The molecule has 0 bridgehead atoms. The molecule has 3 N–H and O–H groups in total. The molecule has 3 heteroatoms. The summed E-state index contributed by atoms with van der Waals surface area (Å²) in [6.07, 6.45) is -0.491. The Kier molecular flexibility index (Phi) is 6.55. The van der Waals surface area contributed by atoms with Crippen molar-refractivity contribution >= 4 is 0 Å². The molecule has 2 aromatic rings. The number of hydrogen-bond acceptors (Lipinski definition) is 3. The first-order valence-corrected chi connectivity index (χ1v) is 8.64. The van der Waals surface area contributed by atoms with Crippen molar-refractivity contribution in [2.75, 3.05) is 6.54 Å². The van der Waals surface area contributed by atoms with E-state index in [-0.39, 0.29) is 11.5 Å². The molecule has 3 nitrogen and oxygen atoms in total. The van der Waals surface area contributed by atoms with Gasteiger partial charge in [0.25, 0.3) is 0 Å². The zero-order chi connectivity index (χ0) is 17.6. The second kappa shape index (κ2) is 8.43. The van der Waals surface area contributed by atoms with Gasteiger partial charge in [0.05, 0.1) is 6.10 Å². The molecule has 0 aromatic heterocycles. The van der Waals surface area contributed by atoms with Crippen molar-refractivity contribution in [1.29, 1.82) is 0 Å². The number of rotatable bonds is 8. The zero-order valence-corrected chi connectivity index (χ0v) is 15.0. The number of nitrogens with zero attached hydrogens (tertiary/aromatic N) is 1. The average molecular weight is 326 g/mol. The van der Waals surface area contributed by atoms with E-state index >= 15 is 0 Å². The van der Waals surface area contributed by atoms with Crippen molar-refractivity contribution in [3.8, 4) is 0 Å². The zero-order valence-electron chi connectivity index (χ0n) is 15.0. The Balaban J connectivity index is 2.21. The third kappa shape index (κ3) is 4.91. The molecule has 0 aliphatic heterocycles. The first kappa shape index (κ1) is 18.7. The van der Waals surface area contributed by atoms with E-state index in [9.17, 15) is 5.11 Å². The van der Waals surface area contributed by atoms with Crippen LogP contribution in [-0.2, 0) is 13.1 Å². The van der Waals surface area contributed by atoms with Gasteiger partial charge in [-0.2, -0.15) is 0 Å². The lowest BCUT2D eigenvalue weighted by Crippen LogP contribution is -2.50. The Hall–Kier alpha value is -1.68. The molecule has 24 heavy (non-hydrogen) atoms. The van der Waals surface area contributed by atoms with Crippen molar-refractivity contribution < 1.29 is 5.11 Å². The average Bonchev–Trinajstić information content (AvgIpc) is 2.61. The number of nitrogens with two attached hydrogens (primary N) is 1. The van der Waals surface area contributed by atoms with Gasteiger partial charge in [0.15, 0.2) is 0 Å². The highest BCUT2D eigenvalue weighted by atomic mass is 16.3. The van der Waals surface area contributed by atoms with Gasteiger partial charge in [0.2, 0.25) is 0 Å². The number of hydrogen-bond donors (Lipinski definition) is 2. The number of benzene rings is 2. The standard InChI is InChI=1S/C21H30N2O/c1-17(20(24)21(2,3)16-22)23(14-18-10-6-4-7-11-18)15-19-12-8-5-9-13-19/h4-13,17,20,24H,14-16,22H2,1-3H3/t17-,20+/m0/s1. The monoisotopic (exact) mass is 326 g/mol. The Bertz CT molecular complexity index is 556. The smallest absolute Gasteiger partial charge is 0.0755 e. The lowest BCUT2D eigenvalue weighted by molar-refractivity contribution is -0.0224. The summed E-state index contributed by atoms with van der Waals surface area (Å²) < 4.78 is 0. The molecule has 0 spiro atoms. The summed E-state index contributed by atoms with van der Waals surface area (Å²) in [4.78, 5) is 2.33. The van der Waals surface area contributed by atoms with Gasteiger partial charge >= 0.3 is 0 Å². The van der Waals surface area contributed by atoms with Crippen molar-refractivity contribution in [2.45, 2.75) is 46.0 Å². The maximum atomic E-state index is 10.9. The molecule has 0 amide bonds. The largest absolute Gasteiger partial charge is 0.391 e. The molecule has 0 heterocycles. The van der Waals surface area contributed by atoms with Gasteiger partial charge < -0.3 is 10.8 Å². The molecular formula is C21H30N2O. The van der Waals surface area contributed by atoms with Crippen LogP contribution in [0, 0.1) is 5.41 Å². The predicted molar refractivity (Wildman–Crippen MR) is 100 cm³/mol. The highest BCUT2D eigenvalue weighted by molar-refractivity contribution is 5.17. The molecule has 0 radical (unpaired) electrons. The lowest BCUT2D eigenvalue weighted by Gasteiger charge is -2.39. The SMILES string of the molecule is C[C@@H]([C@@H](O)C(C)(C)CN)N(Cc1ccccc1)Cc1ccccc1. The van der Waals surface area contributed by atoms with Crippen LogP contribution in [-0.4, -0.2) is 28.7 Å². The van der Waals surface area contributed by atoms with Gasteiger partial charge in [0, 0.05) is 24.5 Å². The maximum absolute atomic E-state index is 10.9. The first-order chi connectivity index (χ1) is 11.4. The van der Waals surface area contributed by atoms with Crippen LogP contribution in [0.3, 0.4) is 0 Å². The van der Waals surface area contributed by atoms with Crippen LogP contribution < -0.4 is 5.73 Å². The van der Waals surface area contributed by atoms with E-state index in [0.717, 1.165) is 13.1 Å². The highest BCUT2D eigenvalue weighted by Crippen LogP contribution is 2.26. The quantitative estimate of drug-likeness (QED) is 0.781. The second-order valence-corrected chi connectivity index (χ2v) is 7.25. The maximum Gasteiger partial charge on any atom is 0.0755 e. The highest BCUT2D eigenvalue weighted by Gasteiger charge is 2.33. The van der Waals surface area contributed by atoms with E-state index < -0.39 is 6.10 Å². The summed E-state index contributed by atoms with van der Waals surface area (Å²) in [5.74, 6) is 0. The minimum Gasteiger partial charge on any atom is -0.391 e.